The maximum absolute atomic E-state index is 13.0. The molecule has 0 unspecified atom stereocenters. The molecule has 2 aliphatic rings. The number of nitrogens with zero attached hydrogens (tertiary/aromatic N) is 1. The number of aliphatic hydroxyl groups excluding tert-OH is 1. The van der Waals surface area contributed by atoms with Crippen molar-refractivity contribution in [1.82, 2.24) is 9.62 Å². The van der Waals surface area contributed by atoms with Gasteiger partial charge in [-0.1, -0.05) is 24.3 Å². The van der Waals surface area contributed by atoms with Gasteiger partial charge in [0.25, 0.3) is 5.91 Å². The standard InChI is InChI=1S/C19H20N2O5S/c22-11-13-5-7-14(8-6-13)19(23)20-15-9-16-12-26-17-3-1-2-4-18(17)27(24,25)21(16)10-15/h1-8,15-16,22H,9-12H2,(H,20,23)/t15-,16-/m0/s1. The Morgan fingerprint density at radius 1 is 1.19 bits per heavy atom. The van der Waals surface area contributed by atoms with Crippen molar-refractivity contribution in [3.8, 4) is 5.75 Å². The molecular weight excluding hydrogens is 368 g/mol. The van der Waals surface area contributed by atoms with E-state index in [4.69, 9.17) is 9.84 Å². The zero-order valence-corrected chi connectivity index (χ0v) is 15.4. The van der Waals surface area contributed by atoms with Gasteiger partial charge in [0.1, 0.15) is 17.3 Å². The Bertz CT molecular complexity index is 958. The maximum Gasteiger partial charge on any atom is 0.251 e. The lowest BCUT2D eigenvalue weighted by atomic mass is 10.1. The van der Waals surface area contributed by atoms with E-state index in [0.29, 0.717) is 17.7 Å². The molecule has 2 aromatic rings. The average molecular weight is 388 g/mol. The Morgan fingerprint density at radius 2 is 1.93 bits per heavy atom. The number of carbonyl (C=O) groups is 1. The first-order valence-electron chi connectivity index (χ1n) is 8.73. The molecule has 1 amide bonds. The summed E-state index contributed by atoms with van der Waals surface area (Å²) in [7, 11) is -3.67. The smallest absolute Gasteiger partial charge is 0.251 e. The number of amides is 1. The monoisotopic (exact) mass is 388 g/mol. The Kier molecular flexibility index (Phi) is 4.63. The summed E-state index contributed by atoms with van der Waals surface area (Å²) in [5.41, 5.74) is 1.20. The number of sulfonamides is 1. The summed E-state index contributed by atoms with van der Waals surface area (Å²) >= 11 is 0. The van der Waals surface area contributed by atoms with Gasteiger partial charge in [-0.15, -0.1) is 0 Å². The molecule has 27 heavy (non-hydrogen) atoms. The van der Waals surface area contributed by atoms with Crippen LogP contribution >= 0.6 is 0 Å². The summed E-state index contributed by atoms with van der Waals surface area (Å²) in [6.45, 7) is 0.388. The van der Waals surface area contributed by atoms with Crippen molar-refractivity contribution < 1.29 is 23.1 Å². The van der Waals surface area contributed by atoms with Crippen LogP contribution in [0.4, 0.5) is 0 Å². The number of rotatable bonds is 3. The summed E-state index contributed by atoms with van der Waals surface area (Å²) < 4.78 is 33.1. The van der Waals surface area contributed by atoms with Gasteiger partial charge >= 0.3 is 0 Å². The topological polar surface area (TPSA) is 95.9 Å². The number of benzene rings is 2. The number of carbonyl (C=O) groups excluding carboxylic acids is 1. The predicted molar refractivity (Wildman–Crippen MR) is 97.9 cm³/mol. The highest BCUT2D eigenvalue weighted by Crippen LogP contribution is 2.35. The van der Waals surface area contributed by atoms with Crippen molar-refractivity contribution in [2.45, 2.75) is 30.0 Å². The van der Waals surface area contributed by atoms with Crippen molar-refractivity contribution >= 4 is 15.9 Å². The number of fused-ring (bicyclic) bond motifs is 2. The van der Waals surface area contributed by atoms with E-state index in [1.54, 1.807) is 48.5 Å². The molecule has 4 rings (SSSR count). The molecule has 0 bridgehead atoms. The highest BCUT2D eigenvalue weighted by Gasteiger charge is 2.44. The number of hydrogen-bond donors (Lipinski definition) is 2. The number of para-hydroxylation sites is 1. The van der Waals surface area contributed by atoms with Gasteiger partial charge in [0.2, 0.25) is 10.0 Å². The molecule has 1 fully saturated rings. The quantitative estimate of drug-likeness (QED) is 0.822. The van der Waals surface area contributed by atoms with E-state index in [0.717, 1.165) is 5.56 Å². The normalized spacial score (nSPS) is 23.6. The summed E-state index contributed by atoms with van der Waals surface area (Å²) in [6.07, 6.45) is 0.494. The Morgan fingerprint density at radius 3 is 2.67 bits per heavy atom. The second-order valence-corrected chi connectivity index (χ2v) is 8.61. The molecule has 2 aliphatic heterocycles. The van der Waals surface area contributed by atoms with Crippen LogP contribution < -0.4 is 10.1 Å². The van der Waals surface area contributed by atoms with Crippen molar-refractivity contribution in [3.63, 3.8) is 0 Å². The Hall–Kier alpha value is -2.42. The van der Waals surface area contributed by atoms with Crippen LogP contribution in [-0.4, -0.2) is 49.0 Å². The molecule has 2 atom stereocenters. The van der Waals surface area contributed by atoms with Gasteiger partial charge in [-0.2, -0.15) is 4.31 Å². The summed E-state index contributed by atoms with van der Waals surface area (Å²) in [4.78, 5) is 12.6. The Balaban J connectivity index is 1.50. The minimum Gasteiger partial charge on any atom is -0.490 e. The number of nitrogens with one attached hydrogen (secondary N) is 1. The van der Waals surface area contributed by atoms with Crippen LogP contribution in [0.2, 0.25) is 0 Å². The third-order valence-corrected chi connectivity index (χ3v) is 6.92. The third kappa shape index (κ3) is 3.31. The first-order chi connectivity index (χ1) is 13.0. The molecule has 0 saturated carbocycles. The highest BCUT2D eigenvalue weighted by atomic mass is 32.2. The maximum atomic E-state index is 13.0. The Labute approximate surface area is 157 Å². The zero-order valence-electron chi connectivity index (χ0n) is 14.5. The van der Waals surface area contributed by atoms with Crippen LogP contribution in [0.15, 0.2) is 53.4 Å². The lowest BCUT2D eigenvalue weighted by Crippen LogP contribution is -2.39. The van der Waals surface area contributed by atoms with Crippen molar-refractivity contribution in [2.24, 2.45) is 0 Å². The van der Waals surface area contributed by atoms with Gasteiger partial charge in [-0.25, -0.2) is 8.42 Å². The second-order valence-electron chi connectivity index (χ2n) is 6.75. The van der Waals surface area contributed by atoms with Crippen LogP contribution in [0.5, 0.6) is 5.75 Å². The molecular formula is C19H20N2O5S. The number of ether oxygens (including phenoxy) is 1. The average Bonchev–Trinajstić information content (AvgIpc) is 3.06. The van der Waals surface area contributed by atoms with Crippen molar-refractivity contribution in [2.75, 3.05) is 13.2 Å². The van der Waals surface area contributed by atoms with Gasteiger partial charge < -0.3 is 15.2 Å². The van der Waals surface area contributed by atoms with Gasteiger partial charge in [0.15, 0.2) is 0 Å². The molecule has 0 aromatic heterocycles. The molecule has 2 aromatic carbocycles. The molecule has 2 heterocycles. The highest BCUT2D eigenvalue weighted by molar-refractivity contribution is 7.89. The summed E-state index contributed by atoms with van der Waals surface area (Å²) in [5, 5.41) is 12.0. The molecule has 0 radical (unpaired) electrons. The molecule has 0 spiro atoms. The van der Waals surface area contributed by atoms with Crippen LogP contribution in [0, 0.1) is 0 Å². The first-order valence-corrected chi connectivity index (χ1v) is 10.2. The van der Waals surface area contributed by atoms with Crippen LogP contribution in [0.1, 0.15) is 22.3 Å². The third-order valence-electron chi connectivity index (χ3n) is 4.97. The molecule has 0 aliphatic carbocycles. The van der Waals surface area contributed by atoms with E-state index in [2.05, 4.69) is 5.32 Å². The van der Waals surface area contributed by atoms with Crippen LogP contribution in [-0.2, 0) is 16.6 Å². The SMILES string of the molecule is O=C(N[C@H]1C[C@H]2COc3ccccc3S(=O)(=O)N2C1)c1ccc(CO)cc1. The number of hydrogen-bond acceptors (Lipinski definition) is 5. The van der Waals surface area contributed by atoms with Gasteiger partial charge in [0, 0.05) is 18.2 Å². The fraction of sp³-hybridized carbons (Fsp3) is 0.316. The lowest BCUT2D eigenvalue weighted by Gasteiger charge is -2.19. The van der Waals surface area contributed by atoms with E-state index in [9.17, 15) is 13.2 Å². The van der Waals surface area contributed by atoms with E-state index in [-0.39, 0.29) is 42.6 Å². The van der Waals surface area contributed by atoms with Gasteiger partial charge in [-0.3, -0.25) is 4.79 Å². The minimum absolute atomic E-state index is 0.0828. The molecule has 142 valence electrons. The van der Waals surface area contributed by atoms with E-state index in [1.165, 1.54) is 4.31 Å². The van der Waals surface area contributed by atoms with E-state index >= 15 is 0 Å². The van der Waals surface area contributed by atoms with Gasteiger partial charge in [0.05, 0.1) is 12.6 Å². The predicted octanol–water partition coefficient (Wildman–Crippen LogP) is 1.13. The van der Waals surface area contributed by atoms with Crippen LogP contribution in [0.25, 0.3) is 0 Å². The summed E-state index contributed by atoms with van der Waals surface area (Å²) in [6, 6.07) is 12.7. The molecule has 1 saturated heterocycles. The fourth-order valence-electron chi connectivity index (χ4n) is 3.56. The molecule has 8 heteroatoms. The van der Waals surface area contributed by atoms with Crippen LogP contribution in [0.3, 0.4) is 0 Å². The second kappa shape index (κ2) is 6.95. The largest absolute Gasteiger partial charge is 0.490 e. The molecule has 2 N–H and O–H groups in total. The minimum atomic E-state index is -3.67. The van der Waals surface area contributed by atoms with E-state index < -0.39 is 10.0 Å². The lowest BCUT2D eigenvalue weighted by molar-refractivity contribution is 0.0938. The van der Waals surface area contributed by atoms with Crippen molar-refractivity contribution in [1.29, 1.82) is 0 Å². The molecule has 7 nitrogen and oxygen atoms in total. The zero-order chi connectivity index (χ0) is 19.0. The van der Waals surface area contributed by atoms with Gasteiger partial charge in [-0.05, 0) is 36.2 Å². The van der Waals surface area contributed by atoms with E-state index in [1.807, 2.05) is 0 Å². The number of aliphatic hydroxyl groups is 1. The summed E-state index contributed by atoms with van der Waals surface area (Å²) in [5.74, 6) is 0.109. The first kappa shape index (κ1) is 18.0. The fourth-order valence-corrected chi connectivity index (χ4v) is 5.36. The van der Waals surface area contributed by atoms with Crippen molar-refractivity contribution in [3.05, 3.63) is 59.7 Å².